The number of carbonyl (C=O) groups excluding carboxylic acids is 2. The highest BCUT2D eigenvalue weighted by Crippen LogP contribution is 2.40. The summed E-state index contributed by atoms with van der Waals surface area (Å²) in [5.41, 5.74) is 13.3. The first kappa shape index (κ1) is 50.2. The van der Waals surface area contributed by atoms with Crippen LogP contribution in [0.2, 0.25) is 0 Å². The molecule has 1 unspecified atom stereocenters. The summed E-state index contributed by atoms with van der Waals surface area (Å²) in [5, 5.41) is 0. The summed E-state index contributed by atoms with van der Waals surface area (Å²) in [6.45, 7) is 6.85. The van der Waals surface area contributed by atoms with Crippen molar-refractivity contribution in [3.8, 4) is 28.7 Å². The van der Waals surface area contributed by atoms with Gasteiger partial charge in [0.05, 0.1) is 103 Å². The summed E-state index contributed by atoms with van der Waals surface area (Å²) in [6.07, 6.45) is 11.9. The Bertz CT molecular complexity index is 2460. The number of rotatable bonds is 28. The molecular weight excluding hydrogens is 883 g/mol. The van der Waals surface area contributed by atoms with E-state index in [0.29, 0.717) is 119 Å². The standard InChI is InChI=1S/C53H63N5O11/c1-37-26-49(62-3)51(30-47(37)55-32-43-27-40(34-57(43)36-59)39-10-14-45(15-11-39)67-25-24-66-23-22-65-21-20-64-19-18-61-2)68-16-6-5-7-17-69-52-31-48-46(29-50(52)63-4)53(60)58-35-41(28-44(58)33-56-48)38-8-12-42(54)13-9-38/h8-15,26,29-36,43-44H,5-7,16-25,27-28,54H2,1-4H3/t43?,44-/m0/s1. The van der Waals surface area contributed by atoms with Crippen molar-refractivity contribution in [3.05, 3.63) is 107 Å². The number of amides is 2. The van der Waals surface area contributed by atoms with Gasteiger partial charge in [-0.05, 0) is 90.4 Å². The van der Waals surface area contributed by atoms with Gasteiger partial charge in [-0.2, -0.15) is 0 Å². The number of nitrogens with two attached hydrogens (primary N) is 1. The zero-order valence-electron chi connectivity index (χ0n) is 39.9. The highest BCUT2D eigenvalue weighted by Gasteiger charge is 2.33. The molecule has 2 amide bonds. The molecule has 0 aromatic heterocycles. The van der Waals surface area contributed by atoms with Crippen molar-refractivity contribution in [2.24, 2.45) is 9.98 Å². The third-order valence-corrected chi connectivity index (χ3v) is 11.8. The van der Waals surface area contributed by atoms with Gasteiger partial charge in [-0.3, -0.25) is 19.6 Å². The number of ether oxygens (including phenoxy) is 9. The molecule has 0 bridgehead atoms. The number of anilines is 1. The molecule has 69 heavy (non-hydrogen) atoms. The largest absolute Gasteiger partial charge is 0.493 e. The minimum Gasteiger partial charge on any atom is -0.493 e. The molecule has 4 aromatic carbocycles. The Balaban J connectivity index is 0.836. The first-order valence-electron chi connectivity index (χ1n) is 23.3. The van der Waals surface area contributed by atoms with Crippen molar-refractivity contribution in [1.29, 1.82) is 0 Å². The fraction of sp³-hybridized carbons (Fsp3) is 0.396. The van der Waals surface area contributed by atoms with Crippen LogP contribution in [0.5, 0.6) is 28.7 Å². The number of unbranched alkanes of at least 4 members (excludes halogenated alkanes) is 2. The molecule has 2 atom stereocenters. The second kappa shape index (κ2) is 25.6. The summed E-state index contributed by atoms with van der Waals surface area (Å²) < 4.78 is 51.0. The van der Waals surface area contributed by atoms with Crippen LogP contribution in [-0.4, -0.2) is 134 Å². The quantitative estimate of drug-likeness (QED) is 0.0250. The molecule has 3 aliphatic heterocycles. The molecule has 0 saturated heterocycles. The zero-order valence-corrected chi connectivity index (χ0v) is 39.9. The third-order valence-electron chi connectivity index (χ3n) is 11.8. The number of nitrogen functional groups attached to an aromatic ring is 1. The second-order valence-corrected chi connectivity index (χ2v) is 16.6. The lowest BCUT2D eigenvalue weighted by atomic mass is 10.0. The number of fused-ring (bicyclic) bond motifs is 2. The summed E-state index contributed by atoms with van der Waals surface area (Å²) >= 11 is 0. The van der Waals surface area contributed by atoms with E-state index in [1.165, 1.54) is 0 Å². The molecule has 0 radical (unpaired) electrons. The van der Waals surface area contributed by atoms with Gasteiger partial charge in [0.1, 0.15) is 12.4 Å². The molecule has 0 saturated carbocycles. The number of carbonyl (C=O) groups is 2. The number of aliphatic imine (C=N–C) groups is 2. The maximum absolute atomic E-state index is 13.7. The smallest absolute Gasteiger partial charge is 0.260 e. The Morgan fingerprint density at radius 3 is 1.94 bits per heavy atom. The van der Waals surface area contributed by atoms with E-state index in [1.54, 1.807) is 49.5 Å². The van der Waals surface area contributed by atoms with Crippen molar-refractivity contribution in [2.75, 3.05) is 93.1 Å². The minimum absolute atomic E-state index is 0.143. The van der Waals surface area contributed by atoms with E-state index in [0.717, 1.165) is 64.9 Å². The van der Waals surface area contributed by atoms with Crippen molar-refractivity contribution in [1.82, 2.24) is 9.80 Å². The maximum Gasteiger partial charge on any atom is 0.260 e. The normalized spacial score (nSPS) is 16.3. The monoisotopic (exact) mass is 945 g/mol. The van der Waals surface area contributed by atoms with Crippen LogP contribution in [-0.2, 0) is 23.7 Å². The van der Waals surface area contributed by atoms with Gasteiger partial charge >= 0.3 is 0 Å². The lowest BCUT2D eigenvalue weighted by Gasteiger charge is -2.19. The van der Waals surface area contributed by atoms with Gasteiger partial charge in [0.15, 0.2) is 23.0 Å². The fourth-order valence-electron chi connectivity index (χ4n) is 8.00. The highest BCUT2D eigenvalue weighted by molar-refractivity contribution is 6.05. The van der Waals surface area contributed by atoms with Crippen LogP contribution in [0.4, 0.5) is 17.1 Å². The van der Waals surface area contributed by atoms with Gasteiger partial charge in [0.2, 0.25) is 6.41 Å². The Hall–Kier alpha value is -6.72. The third kappa shape index (κ3) is 13.7. The van der Waals surface area contributed by atoms with Crippen molar-refractivity contribution in [2.45, 2.75) is 51.1 Å². The summed E-state index contributed by atoms with van der Waals surface area (Å²) in [6, 6.07) is 22.3. The molecule has 4 aromatic rings. The summed E-state index contributed by atoms with van der Waals surface area (Å²) in [4.78, 5) is 38.8. The van der Waals surface area contributed by atoms with Crippen molar-refractivity contribution >= 4 is 53.0 Å². The summed E-state index contributed by atoms with van der Waals surface area (Å²) in [5.74, 6) is 2.80. The van der Waals surface area contributed by atoms with Crippen LogP contribution in [0.1, 0.15) is 59.2 Å². The fourth-order valence-corrected chi connectivity index (χ4v) is 8.00. The van der Waals surface area contributed by atoms with Gasteiger partial charge in [-0.1, -0.05) is 24.3 Å². The first-order valence-corrected chi connectivity index (χ1v) is 23.3. The number of hydrogen-bond donors (Lipinski definition) is 1. The van der Waals surface area contributed by atoms with Crippen molar-refractivity contribution < 1.29 is 52.2 Å². The summed E-state index contributed by atoms with van der Waals surface area (Å²) in [7, 11) is 4.82. The van der Waals surface area contributed by atoms with Crippen LogP contribution < -0.4 is 29.4 Å². The highest BCUT2D eigenvalue weighted by atomic mass is 16.6. The molecule has 0 spiro atoms. The molecule has 0 fully saturated rings. The van der Waals surface area contributed by atoms with E-state index in [1.807, 2.05) is 86.2 Å². The van der Waals surface area contributed by atoms with Crippen LogP contribution >= 0.6 is 0 Å². The lowest BCUT2D eigenvalue weighted by Crippen LogP contribution is -2.32. The topological polar surface area (TPSA) is 174 Å². The van der Waals surface area contributed by atoms with Gasteiger partial charge in [0.25, 0.3) is 5.91 Å². The van der Waals surface area contributed by atoms with Gasteiger partial charge in [-0.15, -0.1) is 0 Å². The number of hydrogen-bond acceptors (Lipinski definition) is 14. The molecule has 3 heterocycles. The van der Waals surface area contributed by atoms with E-state index in [9.17, 15) is 9.59 Å². The van der Waals surface area contributed by atoms with E-state index < -0.39 is 0 Å². The Morgan fingerprint density at radius 2 is 1.29 bits per heavy atom. The van der Waals surface area contributed by atoms with Crippen LogP contribution in [0.3, 0.4) is 0 Å². The van der Waals surface area contributed by atoms with E-state index in [4.69, 9.17) is 58.4 Å². The predicted molar refractivity (Wildman–Crippen MR) is 266 cm³/mol. The molecule has 0 aliphatic carbocycles. The Labute approximate surface area is 404 Å². The average molecular weight is 946 g/mol. The molecule has 2 N–H and O–H groups in total. The molecule has 7 rings (SSSR count). The predicted octanol–water partition coefficient (Wildman–Crippen LogP) is 8.24. The number of nitrogens with zero attached hydrogens (tertiary/aromatic N) is 4. The Kier molecular flexibility index (Phi) is 18.6. The van der Waals surface area contributed by atoms with Crippen LogP contribution in [0, 0.1) is 6.92 Å². The molecule has 16 nitrogen and oxygen atoms in total. The number of methoxy groups -OCH3 is 3. The Morgan fingerprint density at radius 1 is 0.681 bits per heavy atom. The van der Waals surface area contributed by atoms with E-state index >= 15 is 0 Å². The van der Waals surface area contributed by atoms with E-state index in [-0.39, 0.29) is 18.0 Å². The number of benzene rings is 4. The molecule has 366 valence electrons. The molecule has 16 heteroatoms. The molecule has 3 aliphatic rings. The zero-order chi connectivity index (χ0) is 48.4. The van der Waals surface area contributed by atoms with Crippen molar-refractivity contribution in [3.63, 3.8) is 0 Å². The lowest BCUT2D eigenvalue weighted by molar-refractivity contribution is -0.116. The molecular formula is C53H63N5O11. The van der Waals surface area contributed by atoms with Gasteiger partial charge in [-0.25, -0.2) is 0 Å². The SMILES string of the molecule is COCCOCCOCCOCCOc1ccc(C2=CN(C=O)C(C=Nc3cc(OCCCCCOc4cc5c(cc4OC)C(=O)N4C=C(c6ccc(N)cc6)C[C@H]4C=N5)c(OC)cc3C)C2)cc1. The number of aryl methyl sites for hydroxylation is 1. The second-order valence-electron chi connectivity index (χ2n) is 16.6. The van der Waals surface area contributed by atoms with Gasteiger partial charge in [0, 0.05) is 62.6 Å². The minimum atomic E-state index is -0.253. The van der Waals surface area contributed by atoms with Gasteiger partial charge < -0.3 is 58.2 Å². The van der Waals surface area contributed by atoms with E-state index in [2.05, 4.69) is 0 Å². The first-order chi connectivity index (χ1) is 33.8. The van der Waals surface area contributed by atoms with Crippen LogP contribution in [0.15, 0.2) is 95.2 Å². The van der Waals surface area contributed by atoms with Crippen LogP contribution in [0.25, 0.3) is 11.1 Å². The maximum atomic E-state index is 13.7. The average Bonchev–Trinajstić information content (AvgIpc) is 3.97.